The third kappa shape index (κ3) is 4.07. The van der Waals surface area contributed by atoms with Gasteiger partial charge in [-0.2, -0.15) is 4.68 Å². The van der Waals surface area contributed by atoms with Gasteiger partial charge in [-0.25, -0.2) is 0 Å². The number of hydrogen-bond donors (Lipinski definition) is 1. The molecule has 1 aromatic heterocycles. The summed E-state index contributed by atoms with van der Waals surface area (Å²) in [5.41, 5.74) is 2.04. The van der Waals surface area contributed by atoms with Crippen LogP contribution in [0.1, 0.15) is 18.4 Å². The summed E-state index contributed by atoms with van der Waals surface area (Å²) in [6, 6.07) is 17.9. The molecule has 0 radical (unpaired) electrons. The van der Waals surface area contributed by atoms with Gasteiger partial charge in [0.25, 0.3) is 0 Å². The quantitative estimate of drug-likeness (QED) is 0.705. The number of ether oxygens (including phenoxy) is 2. The smallest absolute Gasteiger partial charge is 0.345 e. The Bertz CT molecular complexity index is 813. The van der Waals surface area contributed by atoms with Crippen LogP contribution in [-0.4, -0.2) is 39.5 Å². The Kier molecular flexibility index (Phi) is 5.18. The third-order valence-electron chi connectivity index (χ3n) is 4.30. The fraction of sp³-hybridized carbons (Fsp3) is 0.316. The van der Waals surface area contributed by atoms with E-state index in [1.165, 1.54) is 12.0 Å². The molecule has 1 N–H and O–H groups in total. The van der Waals surface area contributed by atoms with Crippen molar-refractivity contribution in [1.29, 1.82) is 0 Å². The van der Waals surface area contributed by atoms with Gasteiger partial charge in [0.15, 0.2) is 0 Å². The summed E-state index contributed by atoms with van der Waals surface area (Å²) in [5, 5.41) is 15.1. The first-order valence-corrected chi connectivity index (χ1v) is 8.81. The predicted octanol–water partition coefficient (Wildman–Crippen LogP) is 2.72. The fourth-order valence-corrected chi connectivity index (χ4v) is 2.94. The van der Waals surface area contributed by atoms with Crippen molar-refractivity contribution >= 4 is 0 Å². The highest BCUT2D eigenvalue weighted by molar-refractivity contribution is 5.34. The molecule has 7 nitrogen and oxygen atoms in total. The molecule has 3 aromatic rings. The lowest BCUT2D eigenvalue weighted by atomic mass is 10.2. The van der Waals surface area contributed by atoms with E-state index in [9.17, 15) is 0 Å². The third-order valence-corrected chi connectivity index (χ3v) is 4.30. The molecule has 0 spiro atoms. The first kappa shape index (κ1) is 16.7. The van der Waals surface area contributed by atoms with Crippen molar-refractivity contribution in [2.45, 2.75) is 25.5 Å². The van der Waals surface area contributed by atoms with Crippen molar-refractivity contribution in [3.63, 3.8) is 0 Å². The zero-order chi connectivity index (χ0) is 17.6. The minimum Gasteiger partial charge on any atom is -0.423 e. The van der Waals surface area contributed by atoms with Crippen LogP contribution in [0.25, 0.3) is 5.69 Å². The van der Waals surface area contributed by atoms with Crippen LogP contribution in [-0.2, 0) is 11.3 Å². The molecule has 1 atom stereocenters. The number of para-hydroxylation sites is 1. The number of aromatic nitrogens is 4. The number of nitrogens with zero attached hydrogens (tertiary/aromatic N) is 4. The Morgan fingerprint density at radius 3 is 2.73 bits per heavy atom. The molecular formula is C19H21N5O2. The summed E-state index contributed by atoms with van der Waals surface area (Å²) >= 11 is 0. The summed E-state index contributed by atoms with van der Waals surface area (Å²) in [7, 11) is 0. The average molecular weight is 351 g/mol. The monoisotopic (exact) mass is 351 g/mol. The van der Waals surface area contributed by atoms with E-state index < -0.39 is 0 Å². The van der Waals surface area contributed by atoms with E-state index in [0.717, 1.165) is 31.8 Å². The Morgan fingerprint density at radius 1 is 1.12 bits per heavy atom. The molecule has 26 heavy (non-hydrogen) atoms. The van der Waals surface area contributed by atoms with Gasteiger partial charge in [-0.1, -0.05) is 35.4 Å². The summed E-state index contributed by atoms with van der Waals surface area (Å²) in [6.07, 6.45) is 2.67. The Hall–Kier alpha value is -2.77. The molecule has 0 aliphatic carbocycles. The lowest BCUT2D eigenvalue weighted by Gasteiger charge is -2.11. The number of hydrogen-bond acceptors (Lipinski definition) is 6. The highest BCUT2D eigenvalue weighted by Crippen LogP contribution is 2.21. The lowest BCUT2D eigenvalue weighted by Crippen LogP contribution is -2.25. The van der Waals surface area contributed by atoms with Crippen LogP contribution in [0.4, 0.5) is 0 Å². The summed E-state index contributed by atoms with van der Waals surface area (Å²) in [5.74, 6) is 0.694. The first-order valence-electron chi connectivity index (χ1n) is 8.81. The maximum atomic E-state index is 5.83. The molecule has 1 aliphatic rings. The molecule has 1 fully saturated rings. The molecule has 4 rings (SSSR count). The second kappa shape index (κ2) is 8.07. The summed E-state index contributed by atoms with van der Waals surface area (Å²) in [6.45, 7) is 2.59. The van der Waals surface area contributed by atoms with E-state index in [4.69, 9.17) is 9.47 Å². The second-order valence-corrected chi connectivity index (χ2v) is 6.22. The number of benzene rings is 2. The Labute approximate surface area is 151 Å². The van der Waals surface area contributed by atoms with Crippen LogP contribution < -0.4 is 10.1 Å². The highest BCUT2D eigenvalue weighted by Gasteiger charge is 2.14. The topological polar surface area (TPSA) is 74.1 Å². The van der Waals surface area contributed by atoms with Gasteiger partial charge < -0.3 is 14.8 Å². The SMILES string of the molecule is c1ccc(-n2nnnc2Oc2ccc(CNC[C@@H]3CCCO3)cc2)cc1. The highest BCUT2D eigenvalue weighted by atomic mass is 16.5. The molecule has 0 unspecified atom stereocenters. The molecule has 0 saturated carbocycles. The normalized spacial score (nSPS) is 16.7. The van der Waals surface area contributed by atoms with E-state index >= 15 is 0 Å². The minimum absolute atomic E-state index is 0.334. The molecule has 0 bridgehead atoms. The molecule has 2 heterocycles. The summed E-state index contributed by atoms with van der Waals surface area (Å²) < 4.78 is 13.0. The van der Waals surface area contributed by atoms with Crippen molar-refractivity contribution in [2.24, 2.45) is 0 Å². The summed E-state index contributed by atoms with van der Waals surface area (Å²) in [4.78, 5) is 0. The van der Waals surface area contributed by atoms with Crippen LogP contribution in [0.15, 0.2) is 54.6 Å². The van der Waals surface area contributed by atoms with E-state index in [1.807, 2.05) is 54.6 Å². The molecule has 1 saturated heterocycles. The zero-order valence-electron chi connectivity index (χ0n) is 14.4. The Morgan fingerprint density at radius 2 is 1.96 bits per heavy atom. The van der Waals surface area contributed by atoms with Crippen LogP contribution in [0.3, 0.4) is 0 Å². The fourth-order valence-electron chi connectivity index (χ4n) is 2.94. The largest absolute Gasteiger partial charge is 0.423 e. The first-order chi connectivity index (χ1) is 12.9. The minimum atomic E-state index is 0.334. The number of tetrazole rings is 1. The van der Waals surface area contributed by atoms with Crippen molar-refractivity contribution in [2.75, 3.05) is 13.2 Å². The van der Waals surface area contributed by atoms with Crippen molar-refractivity contribution in [1.82, 2.24) is 25.5 Å². The van der Waals surface area contributed by atoms with Gasteiger partial charge >= 0.3 is 6.01 Å². The molecule has 2 aromatic carbocycles. The van der Waals surface area contributed by atoms with E-state index in [0.29, 0.717) is 17.9 Å². The van der Waals surface area contributed by atoms with Crippen LogP contribution in [0, 0.1) is 0 Å². The van der Waals surface area contributed by atoms with Gasteiger partial charge in [0, 0.05) is 19.7 Å². The van der Waals surface area contributed by atoms with Gasteiger partial charge in [-0.3, -0.25) is 0 Å². The molecule has 134 valence electrons. The number of rotatable bonds is 7. The predicted molar refractivity (Wildman–Crippen MR) is 96.4 cm³/mol. The maximum absolute atomic E-state index is 5.83. The van der Waals surface area contributed by atoms with Gasteiger partial charge in [0.1, 0.15) is 5.75 Å². The second-order valence-electron chi connectivity index (χ2n) is 6.22. The molecule has 7 heteroatoms. The Balaban J connectivity index is 1.35. The van der Waals surface area contributed by atoms with Crippen LogP contribution in [0.5, 0.6) is 11.8 Å². The van der Waals surface area contributed by atoms with E-state index in [2.05, 4.69) is 20.8 Å². The maximum Gasteiger partial charge on any atom is 0.345 e. The van der Waals surface area contributed by atoms with Crippen molar-refractivity contribution in [3.05, 3.63) is 60.2 Å². The zero-order valence-corrected chi connectivity index (χ0v) is 14.4. The van der Waals surface area contributed by atoms with Crippen molar-refractivity contribution in [3.8, 4) is 17.4 Å². The van der Waals surface area contributed by atoms with E-state index in [1.54, 1.807) is 4.68 Å². The molecule has 1 aliphatic heterocycles. The molecular weight excluding hydrogens is 330 g/mol. The van der Waals surface area contributed by atoms with E-state index in [-0.39, 0.29) is 0 Å². The van der Waals surface area contributed by atoms with Gasteiger partial charge in [0.05, 0.1) is 11.8 Å². The van der Waals surface area contributed by atoms with Gasteiger partial charge in [-0.15, -0.1) is 0 Å². The van der Waals surface area contributed by atoms with Gasteiger partial charge in [0.2, 0.25) is 0 Å². The van der Waals surface area contributed by atoms with Gasteiger partial charge in [-0.05, 0) is 53.1 Å². The van der Waals surface area contributed by atoms with Crippen LogP contribution >= 0.6 is 0 Å². The standard InChI is InChI=1S/C19H21N5O2/c1-2-5-16(6-3-1)24-19(21-22-23-24)26-17-10-8-15(9-11-17)13-20-14-18-7-4-12-25-18/h1-3,5-6,8-11,18,20H,4,7,12-14H2/t18-/m0/s1. The van der Waals surface area contributed by atoms with Crippen LogP contribution in [0.2, 0.25) is 0 Å². The average Bonchev–Trinajstić information content (AvgIpc) is 3.36. The number of nitrogens with one attached hydrogen (secondary N) is 1. The van der Waals surface area contributed by atoms with Crippen molar-refractivity contribution < 1.29 is 9.47 Å². The lowest BCUT2D eigenvalue weighted by molar-refractivity contribution is 0.110. The molecule has 0 amide bonds.